The molecule has 1 aromatic heterocycles. The van der Waals surface area contributed by atoms with Gasteiger partial charge in [0.15, 0.2) is 0 Å². The topological polar surface area (TPSA) is 70.5 Å². The number of pyridine rings is 1. The van der Waals surface area contributed by atoms with Crippen molar-refractivity contribution in [2.45, 2.75) is 26.2 Å². The molecule has 1 N–H and O–H groups in total. The molecule has 20 heavy (non-hydrogen) atoms. The number of aromatic nitrogens is 1. The standard InChI is InChI=1S/C15H20N2O3/c1-3-4-5-10-17(2)15(20)13-8-9-16-11-12(13)6-7-14(18)19/h6-9,11H,3-5,10H2,1-2H3,(H,18,19). The first-order chi connectivity index (χ1) is 9.56. The summed E-state index contributed by atoms with van der Waals surface area (Å²) in [5.41, 5.74) is 0.985. The zero-order chi connectivity index (χ0) is 15.0. The van der Waals surface area contributed by atoms with E-state index < -0.39 is 5.97 Å². The average Bonchev–Trinajstić information content (AvgIpc) is 2.44. The highest BCUT2D eigenvalue weighted by Crippen LogP contribution is 2.12. The molecule has 0 aliphatic heterocycles. The number of carbonyl (C=O) groups excluding carboxylic acids is 1. The third-order valence-electron chi connectivity index (χ3n) is 2.93. The summed E-state index contributed by atoms with van der Waals surface area (Å²) >= 11 is 0. The van der Waals surface area contributed by atoms with Crippen LogP contribution in [-0.2, 0) is 4.79 Å². The second-order valence-electron chi connectivity index (χ2n) is 4.57. The normalized spacial score (nSPS) is 10.7. The van der Waals surface area contributed by atoms with E-state index in [1.54, 1.807) is 18.0 Å². The molecular formula is C15H20N2O3. The monoisotopic (exact) mass is 276 g/mol. The van der Waals surface area contributed by atoms with Crippen molar-refractivity contribution in [3.8, 4) is 0 Å². The highest BCUT2D eigenvalue weighted by Gasteiger charge is 2.14. The van der Waals surface area contributed by atoms with E-state index in [1.165, 1.54) is 18.5 Å². The number of aliphatic carboxylic acids is 1. The van der Waals surface area contributed by atoms with Gasteiger partial charge in [-0.25, -0.2) is 4.79 Å². The van der Waals surface area contributed by atoms with Gasteiger partial charge in [-0.3, -0.25) is 9.78 Å². The summed E-state index contributed by atoms with van der Waals surface area (Å²) in [7, 11) is 1.75. The zero-order valence-corrected chi connectivity index (χ0v) is 11.9. The Labute approximate surface area is 118 Å². The summed E-state index contributed by atoms with van der Waals surface area (Å²) < 4.78 is 0. The third-order valence-corrected chi connectivity index (χ3v) is 2.93. The van der Waals surface area contributed by atoms with Crippen LogP contribution in [0.15, 0.2) is 24.5 Å². The lowest BCUT2D eigenvalue weighted by atomic mass is 10.1. The van der Waals surface area contributed by atoms with Gasteiger partial charge in [0.05, 0.1) is 0 Å². The van der Waals surface area contributed by atoms with Gasteiger partial charge in [-0.15, -0.1) is 0 Å². The number of carboxylic acids is 1. The van der Waals surface area contributed by atoms with Crippen LogP contribution in [0.1, 0.15) is 42.1 Å². The minimum atomic E-state index is -1.05. The molecule has 0 spiro atoms. The average molecular weight is 276 g/mol. The van der Waals surface area contributed by atoms with E-state index in [0.29, 0.717) is 17.7 Å². The molecule has 0 unspecified atom stereocenters. The van der Waals surface area contributed by atoms with Crippen molar-refractivity contribution >= 4 is 18.0 Å². The van der Waals surface area contributed by atoms with E-state index in [0.717, 1.165) is 25.3 Å². The van der Waals surface area contributed by atoms with Crippen molar-refractivity contribution in [3.63, 3.8) is 0 Å². The van der Waals surface area contributed by atoms with Crippen molar-refractivity contribution in [1.29, 1.82) is 0 Å². The molecule has 1 amide bonds. The molecule has 0 aliphatic rings. The Morgan fingerprint density at radius 2 is 2.15 bits per heavy atom. The van der Waals surface area contributed by atoms with Crippen molar-refractivity contribution in [2.75, 3.05) is 13.6 Å². The van der Waals surface area contributed by atoms with Crippen molar-refractivity contribution in [3.05, 3.63) is 35.7 Å². The van der Waals surface area contributed by atoms with E-state index in [2.05, 4.69) is 11.9 Å². The zero-order valence-electron chi connectivity index (χ0n) is 11.9. The van der Waals surface area contributed by atoms with E-state index in [9.17, 15) is 9.59 Å². The fourth-order valence-electron chi connectivity index (χ4n) is 1.80. The summed E-state index contributed by atoms with van der Waals surface area (Å²) in [6.45, 7) is 2.80. The summed E-state index contributed by atoms with van der Waals surface area (Å²) in [6.07, 6.45) is 8.57. The van der Waals surface area contributed by atoms with Crippen molar-refractivity contribution in [1.82, 2.24) is 9.88 Å². The Kier molecular flexibility index (Phi) is 6.43. The number of carboxylic acid groups (broad SMARTS) is 1. The number of amides is 1. The second-order valence-corrected chi connectivity index (χ2v) is 4.57. The lowest BCUT2D eigenvalue weighted by Gasteiger charge is -2.18. The van der Waals surface area contributed by atoms with Crippen molar-refractivity contribution < 1.29 is 14.7 Å². The van der Waals surface area contributed by atoms with Gasteiger partial charge in [0.1, 0.15) is 0 Å². The molecule has 0 fully saturated rings. The molecule has 0 aliphatic carbocycles. The van der Waals surface area contributed by atoms with Gasteiger partial charge < -0.3 is 10.0 Å². The predicted molar refractivity (Wildman–Crippen MR) is 77.4 cm³/mol. The van der Waals surface area contributed by atoms with Gasteiger partial charge in [-0.2, -0.15) is 0 Å². The quantitative estimate of drug-likeness (QED) is 0.613. The number of carbonyl (C=O) groups is 2. The maximum absolute atomic E-state index is 12.3. The largest absolute Gasteiger partial charge is 0.478 e. The molecule has 0 aromatic carbocycles. The molecule has 5 nitrogen and oxygen atoms in total. The molecule has 0 saturated heterocycles. The molecule has 1 rings (SSSR count). The number of hydrogen-bond acceptors (Lipinski definition) is 3. The van der Waals surface area contributed by atoms with Gasteiger partial charge in [-0.1, -0.05) is 19.8 Å². The fraction of sp³-hybridized carbons (Fsp3) is 0.400. The number of hydrogen-bond donors (Lipinski definition) is 1. The molecule has 108 valence electrons. The van der Waals surface area contributed by atoms with Gasteiger partial charge >= 0.3 is 5.97 Å². The number of unbranched alkanes of at least 4 members (excludes halogenated alkanes) is 2. The van der Waals surface area contributed by atoms with Crippen LogP contribution in [0.4, 0.5) is 0 Å². The first-order valence-corrected chi connectivity index (χ1v) is 6.66. The molecule has 0 radical (unpaired) electrons. The van der Waals surface area contributed by atoms with Crippen LogP contribution in [-0.4, -0.2) is 40.5 Å². The van der Waals surface area contributed by atoms with Crippen molar-refractivity contribution in [2.24, 2.45) is 0 Å². The van der Waals surface area contributed by atoms with E-state index in [4.69, 9.17) is 5.11 Å². The Bertz CT molecular complexity index is 498. The SMILES string of the molecule is CCCCCN(C)C(=O)c1ccncc1C=CC(=O)O. The minimum absolute atomic E-state index is 0.117. The minimum Gasteiger partial charge on any atom is -0.478 e. The maximum Gasteiger partial charge on any atom is 0.328 e. The van der Waals surface area contributed by atoms with E-state index in [-0.39, 0.29) is 5.91 Å². The first kappa shape index (κ1) is 15.9. The molecule has 5 heteroatoms. The fourth-order valence-corrected chi connectivity index (χ4v) is 1.80. The Morgan fingerprint density at radius 3 is 2.80 bits per heavy atom. The van der Waals surface area contributed by atoms with Gasteiger partial charge in [0.2, 0.25) is 0 Å². The highest BCUT2D eigenvalue weighted by atomic mass is 16.4. The van der Waals surface area contributed by atoms with E-state index in [1.807, 2.05) is 0 Å². The smallest absolute Gasteiger partial charge is 0.328 e. The summed E-state index contributed by atoms with van der Waals surface area (Å²) in [5.74, 6) is -1.17. The Hall–Kier alpha value is -2.17. The third kappa shape index (κ3) is 4.84. The maximum atomic E-state index is 12.3. The highest BCUT2D eigenvalue weighted by molar-refractivity contribution is 5.98. The van der Waals surface area contributed by atoms with Gasteiger partial charge in [0, 0.05) is 43.2 Å². The summed E-state index contributed by atoms with van der Waals surface area (Å²) in [6, 6.07) is 1.61. The van der Waals surface area contributed by atoms with E-state index >= 15 is 0 Å². The van der Waals surface area contributed by atoms with Crippen LogP contribution in [0.5, 0.6) is 0 Å². The van der Waals surface area contributed by atoms with Crippen LogP contribution >= 0.6 is 0 Å². The Morgan fingerprint density at radius 1 is 1.40 bits per heavy atom. The number of nitrogens with zero attached hydrogens (tertiary/aromatic N) is 2. The predicted octanol–water partition coefficient (Wildman–Crippen LogP) is 2.44. The van der Waals surface area contributed by atoms with Crippen LogP contribution < -0.4 is 0 Å². The molecular weight excluding hydrogens is 256 g/mol. The summed E-state index contributed by atoms with van der Waals surface area (Å²) in [5, 5.41) is 8.65. The molecule has 0 bridgehead atoms. The molecule has 1 heterocycles. The van der Waals surface area contributed by atoms with Gasteiger partial charge in [-0.05, 0) is 18.6 Å². The molecule has 0 atom stereocenters. The Balaban J connectivity index is 2.84. The van der Waals surface area contributed by atoms with Crippen LogP contribution in [0.25, 0.3) is 6.08 Å². The lowest BCUT2D eigenvalue weighted by molar-refractivity contribution is -0.131. The van der Waals surface area contributed by atoms with Crippen LogP contribution in [0.2, 0.25) is 0 Å². The van der Waals surface area contributed by atoms with Gasteiger partial charge in [0.25, 0.3) is 5.91 Å². The molecule has 1 aromatic rings. The van der Waals surface area contributed by atoms with Crippen LogP contribution in [0, 0.1) is 0 Å². The van der Waals surface area contributed by atoms with Crippen LogP contribution in [0.3, 0.4) is 0 Å². The molecule has 0 saturated carbocycles. The second kappa shape index (κ2) is 8.09. The number of rotatable bonds is 7. The lowest BCUT2D eigenvalue weighted by Crippen LogP contribution is -2.28. The summed E-state index contributed by atoms with van der Waals surface area (Å²) in [4.78, 5) is 28.5. The first-order valence-electron chi connectivity index (χ1n) is 6.66.